The van der Waals surface area contributed by atoms with Gasteiger partial charge in [-0.3, -0.25) is 4.79 Å². The Morgan fingerprint density at radius 3 is 2.44 bits per heavy atom. The van der Waals surface area contributed by atoms with Crippen molar-refractivity contribution in [1.29, 1.82) is 0 Å². The predicted octanol–water partition coefficient (Wildman–Crippen LogP) is 4.40. The van der Waals surface area contributed by atoms with Gasteiger partial charge in [-0.1, -0.05) is 47.6 Å². The number of aromatic nitrogens is 2. The van der Waals surface area contributed by atoms with Crippen LogP contribution in [0.15, 0.2) is 65.2 Å². The van der Waals surface area contributed by atoms with Crippen LogP contribution in [0.5, 0.6) is 0 Å². The van der Waals surface area contributed by atoms with Gasteiger partial charge in [-0.15, -0.1) is 0 Å². The van der Waals surface area contributed by atoms with Crippen molar-refractivity contribution in [2.75, 3.05) is 14.1 Å². The van der Waals surface area contributed by atoms with Crippen molar-refractivity contribution < 1.29 is 13.7 Å². The fraction of sp³-hybridized carbons (Fsp3) is 0.0952. The lowest BCUT2D eigenvalue weighted by Gasteiger charge is -2.12. The van der Waals surface area contributed by atoms with Gasteiger partial charge in [-0.2, -0.15) is 0 Å². The van der Waals surface area contributed by atoms with Gasteiger partial charge in [-0.05, 0) is 18.2 Å². The number of amides is 1. The van der Waals surface area contributed by atoms with Gasteiger partial charge >= 0.3 is 0 Å². The number of halogens is 1. The zero-order valence-electron chi connectivity index (χ0n) is 14.8. The first kappa shape index (κ1) is 16.9. The highest BCUT2D eigenvalue weighted by molar-refractivity contribution is 6.10. The van der Waals surface area contributed by atoms with Gasteiger partial charge in [0.25, 0.3) is 11.6 Å². The molecule has 6 heteroatoms. The van der Waals surface area contributed by atoms with Crippen molar-refractivity contribution in [3.63, 3.8) is 0 Å². The average molecular weight is 361 g/mol. The van der Waals surface area contributed by atoms with Crippen LogP contribution in [0.1, 0.15) is 10.4 Å². The van der Waals surface area contributed by atoms with Crippen LogP contribution < -0.4 is 0 Å². The number of hydrogen-bond donors (Lipinski definition) is 0. The molecule has 4 rings (SSSR count). The Morgan fingerprint density at radius 2 is 1.74 bits per heavy atom. The summed E-state index contributed by atoms with van der Waals surface area (Å²) in [6, 6.07) is 17.4. The Labute approximate surface area is 155 Å². The number of hydrogen-bond acceptors (Lipinski definition) is 4. The largest absolute Gasteiger partial charge is 0.345 e. The molecule has 1 amide bonds. The molecule has 2 aromatic heterocycles. The summed E-state index contributed by atoms with van der Waals surface area (Å²) in [6.07, 6.45) is 0. The summed E-state index contributed by atoms with van der Waals surface area (Å²) in [6.45, 7) is 0. The highest BCUT2D eigenvalue weighted by Crippen LogP contribution is 2.34. The minimum absolute atomic E-state index is 0.194. The fourth-order valence-corrected chi connectivity index (χ4v) is 2.95. The third-order valence-corrected chi connectivity index (χ3v) is 4.28. The van der Waals surface area contributed by atoms with E-state index < -0.39 is 5.82 Å². The summed E-state index contributed by atoms with van der Waals surface area (Å²) in [4.78, 5) is 18.8. The quantitative estimate of drug-likeness (QED) is 0.543. The molecule has 2 aromatic carbocycles. The first-order chi connectivity index (χ1) is 13.1. The second-order valence-corrected chi connectivity index (χ2v) is 6.31. The van der Waals surface area contributed by atoms with Crippen LogP contribution >= 0.6 is 0 Å². The molecule has 0 N–H and O–H groups in total. The lowest BCUT2D eigenvalue weighted by Crippen LogP contribution is -2.22. The molecule has 0 bridgehead atoms. The zero-order chi connectivity index (χ0) is 19.0. The monoisotopic (exact) mass is 361 g/mol. The molecule has 5 nitrogen and oxygen atoms in total. The van der Waals surface area contributed by atoms with Crippen LogP contribution in [-0.2, 0) is 0 Å². The predicted molar refractivity (Wildman–Crippen MR) is 101 cm³/mol. The van der Waals surface area contributed by atoms with E-state index >= 15 is 0 Å². The van der Waals surface area contributed by atoms with E-state index in [0.717, 1.165) is 5.56 Å². The summed E-state index contributed by atoms with van der Waals surface area (Å²) in [5.41, 5.74) is 2.52. The minimum atomic E-state index is -0.442. The molecule has 0 aliphatic rings. The highest BCUT2D eigenvalue weighted by atomic mass is 19.1. The molecule has 0 aliphatic carbocycles. The Hall–Kier alpha value is -3.54. The SMILES string of the molecule is CN(C)C(=O)c1cc(-c2ccccc2)nc2onc(-c3ccccc3F)c12. The van der Waals surface area contributed by atoms with Crippen LogP contribution in [0.2, 0.25) is 0 Å². The fourth-order valence-electron chi connectivity index (χ4n) is 2.95. The minimum Gasteiger partial charge on any atom is -0.345 e. The van der Waals surface area contributed by atoms with Crippen molar-refractivity contribution in [1.82, 2.24) is 15.0 Å². The summed E-state index contributed by atoms with van der Waals surface area (Å²) < 4.78 is 19.7. The highest BCUT2D eigenvalue weighted by Gasteiger charge is 2.24. The Kier molecular flexibility index (Phi) is 4.16. The Bertz CT molecular complexity index is 1140. The number of fused-ring (bicyclic) bond motifs is 1. The first-order valence-corrected chi connectivity index (χ1v) is 8.38. The molecular formula is C21H16FN3O2. The smallest absolute Gasteiger partial charge is 0.259 e. The average Bonchev–Trinajstić information content (AvgIpc) is 3.11. The van der Waals surface area contributed by atoms with Crippen LogP contribution in [0.25, 0.3) is 33.6 Å². The van der Waals surface area contributed by atoms with Crippen molar-refractivity contribution in [2.24, 2.45) is 0 Å². The number of pyridine rings is 1. The lowest BCUT2D eigenvalue weighted by molar-refractivity contribution is 0.0829. The number of benzene rings is 2. The van der Waals surface area contributed by atoms with E-state index in [2.05, 4.69) is 10.1 Å². The molecular weight excluding hydrogens is 345 g/mol. The van der Waals surface area contributed by atoms with E-state index in [9.17, 15) is 9.18 Å². The number of carbonyl (C=O) groups is 1. The maximum absolute atomic E-state index is 14.3. The number of rotatable bonds is 3. The van der Waals surface area contributed by atoms with Crippen molar-refractivity contribution in [2.45, 2.75) is 0 Å². The molecule has 0 spiro atoms. The molecule has 0 saturated carbocycles. The maximum Gasteiger partial charge on any atom is 0.259 e. The summed E-state index contributed by atoms with van der Waals surface area (Å²) in [5.74, 6) is -0.677. The second kappa shape index (κ2) is 6.64. The lowest BCUT2D eigenvalue weighted by atomic mass is 10.0. The van der Waals surface area contributed by atoms with Crippen LogP contribution in [0.3, 0.4) is 0 Å². The molecule has 4 aromatic rings. The molecule has 27 heavy (non-hydrogen) atoms. The molecule has 0 unspecified atom stereocenters. The van der Waals surface area contributed by atoms with E-state index in [1.165, 1.54) is 11.0 Å². The van der Waals surface area contributed by atoms with Crippen molar-refractivity contribution in [3.05, 3.63) is 72.0 Å². The molecule has 2 heterocycles. The van der Waals surface area contributed by atoms with Gasteiger partial charge in [0.05, 0.1) is 16.6 Å². The van der Waals surface area contributed by atoms with Crippen LogP contribution in [-0.4, -0.2) is 35.0 Å². The topological polar surface area (TPSA) is 59.2 Å². The van der Waals surface area contributed by atoms with Gasteiger partial charge in [0.15, 0.2) is 0 Å². The molecule has 0 fully saturated rings. The molecule has 134 valence electrons. The van der Waals surface area contributed by atoms with E-state index in [4.69, 9.17) is 4.52 Å². The van der Waals surface area contributed by atoms with Gasteiger partial charge in [0.2, 0.25) is 0 Å². The maximum atomic E-state index is 14.3. The number of carbonyl (C=O) groups excluding carboxylic acids is 1. The first-order valence-electron chi connectivity index (χ1n) is 8.38. The summed E-state index contributed by atoms with van der Waals surface area (Å²) >= 11 is 0. The summed E-state index contributed by atoms with van der Waals surface area (Å²) in [7, 11) is 3.32. The summed E-state index contributed by atoms with van der Waals surface area (Å²) in [5, 5.41) is 4.42. The Balaban J connectivity index is 2.02. The normalized spacial score (nSPS) is 10.9. The third-order valence-electron chi connectivity index (χ3n) is 4.28. The number of nitrogens with zero attached hydrogens (tertiary/aromatic N) is 3. The van der Waals surface area contributed by atoms with E-state index in [-0.39, 0.29) is 22.9 Å². The van der Waals surface area contributed by atoms with Crippen molar-refractivity contribution in [3.8, 4) is 22.5 Å². The third kappa shape index (κ3) is 2.95. The van der Waals surface area contributed by atoms with E-state index in [1.54, 1.807) is 38.4 Å². The Morgan fingerprint density at radius 1 is 1.04 bits per heavy atom. The van der Waals surface area contributed by atoms with E-state index in [1.807, 2.05) is 30.3 Å². The van der Waals surface area contributed by atoms with Crippen LogP contribution in [0.4, 0.5) is 4.39 Å². The standard InChI is InChI=1S/C21H16FN3O2/c1-25(2)21(26)15-12-17(13-8-4-3-5-9-13)23-20-18(15)19(24-27-20)14-10-6-7-11-16(14)22/h3-12H,1-2H3. The molecule has 0 atom stereocenters. The van der Waals surface area contributed by atoms with Gasteiger partial charge in [0.1, 0.15) is 11.5 Å². The van der Waals surface area contributed by atoms with E-state index in [0.29, 0.717) is 16.6 Å². The molecule has 0 aliphatic heterocycles. The van der Waals surface area contributed by atoms with Crippen LogP contribution in [0, 0.1) is 5.82 Å². The molecule has 0 saturated heterocycles. The van der Waals surface area contributed by atoms with Gasteiger partial charge in [0, 0.05) is 25.2 Å². The zero-order valence-corrected chi connectivity index (χ0v) is 14.8. The van der Waals surface area contributed by atoms with Gasteiger partial charge in [-0.25, -0.2) is 9.37 Å². The van der Waals surface area contributed by atoms with Crippen molar-refractivity contribution >= 4 is 17.0 Å². The molecule has 0 radical (unpaired) electrons. The van der Waals surface area contributed by atoms with Gasteiger partial charge < -0.3 is 9.42 Å². The second-order valence-electron chi connectivity index (χ2n) is 6.31.